The Balaban J connectivity index is 1.28. The van der Waals surface area contributed by atoms with Crippen molar-refractivity contribution in [1.82, 2.24) is 20.3 Å². The van der Waals surface area contributed by atoms with E-state index in [1.807, 2.05) is 42.7 Å². The molecule has 1 aliphatic rings. The van der Waals surface area contributed by atoms with Crippen LogP contribution in [0.4, 0.5) is 5.82 Å². The molecule has 128 valence electrons. The van der Waals surface area contributed by atoms with Gasteiger partial charge in [0.2, 0.25) is 0 Å². The lowest BCUT2D eigenvalue weighted by Crippen LogP contribution is -2.42. The number of pyridine rings is 2. The number of hydrogen-bond donors (Lipinski definition) is 1. The fourth-order valence-electron chi connectivity index (χ4n) is 3.10. The van der Waals surface area contributed by atoms with Gasteiger partial charge in [0.25, 0.3) is 0 Å². The van der Waals surface area contributed by atoms with E-state index in [0.29, 0.717) is 6.04 Å². The summed E-state index contributed by atoms with van der Waals surface area (Å²) in [5.41, 5.74) is 2.04. The van der Waals surface area contributed by atoms with Crippen molar-refractivity contribution >= 4 is 17.2 Å². The van der Waals surface area contributed by atoms with E-state index in [1.54, 1.807) is 11.3 Å². The number of nitrogens with one attached hydrogen (secondary N) is 1. The predicted octanol–water partition coefficient (Wildman–Crippen LogP) is 3.36. The third-order valence-electron chi connectivity index (χ3n) is 4.48. The lowest BCUT2D eigenvalue weighted by molar-refractivity contribution is 0.411. The monoisotopic (exact) mass is 351 g/mol. The van der Waals surface area contributed by atoms with Gasteiger partial charge in [-0.15, -0.1) is 11.3 Å². The molecule has 3 aromatic rings. The van der Waals surface area contributed by atoms with E-state index in [4.69, 9.17) is 4.98 Å². The van der Waals surface area contributed by atoms with E-state index in [-0.39, 0.29) is 0 Å². The molecule has 6 heteroatoms. The maximum atomic E-state index is 4.70. The quantitative estimate of drug-likeness (QED) is 0.764. The molecule has 25 heavy (non-hydrogen) atoms. The van der Waals surface area contributed by atoms with Gasteiger partial charge in [0.1, 0.15) is 10.8 Å². The van der Waals surface area contributed by atoms with Gasteiger partial charge in [-0.1, -0.05) is 12.1 Å². The minimum absolute atomic E-state index is 0.542. The average Bonchev–Trinajstić information content (AvgIpc) is 3.17. The predicted molar refractivity (Wildman–Crippen MR) is 102 cm³/mol. The second kappa shape index (κ2) is 7.72. The summed E-state index contributed by atoms with van der Waals surface area (Å²) in [4.78, 5) is 15.9. The van der Waals surface area contributed by atoms with Crippen LogP contribution >= 0.6 is 11.3 Å². The molecule has 1 aliphatic heterocycles. The van der Waals surface area contributed by atoms with Crippen LogP contribution in [0.5, 0.6) is 0 Å². The Hall–Kier alpha value is -2.31. The van der Waals surface area contributed by atoms with Gasteiger partial charge >= 0.3 is 0 Å². The number of anilines is 1. The number of thiazole rings is 1. The van der Waals surface area contributed by atoms with Crippen LogP contribution < -0.4 is 10.2 Å². The van der Waals surface area contributed by atoms with E-state index >= 15 is 0 Å². The number of piperidine rings is 1. The molecule has 0 spiro atoms. The van der Waals surface area contributed by atoms with Gasteiger partial charge < -0.3 is 10.2 Å². The second-order valence-corrected chi connectivity index (χ2v) is 7.05. The molecule has 0 unspecified atom stereocenters. The standard InChI is InChI=1S/C19H21N5S/c1-3-9-20-17(5-1)19-23-16(14-25-19)13-22-15-7-11-24(12-8-15)18-6-2-4-10-21-18/h1-6,9-10,14-15,22H,7-8,11-13H2. The third-order valence-corrected chi connectivity index (χ3v) is 5.39. The lowest BCUT2D eigenvalue weighted by Gasteiger charge is -2.33. The van der Waals surface area contributed by atoms with Crippen molar-refractivity contribution in [3.63, 3.8) is 0 Å². The van der Waals surface area contributed by atoms with E-state index < -0.39 is 0 Å². The van der Waals surface area contributed by atoms with Crippen LogP contribution in [0, 0.1) is 0 Å². The summed E-state index contributed by atoms with van der Waals surface area (Å²) in [6, 6.07) is 12.6. The summed E-state index contributed by atoms with van der Waals surface area (Å²) in [6.45, 7) is 2.91. The van der Waals surface area contributed by atoms with Gasteiger partial charge in [0, 0.05) is 43.4 Å². The normalized spacial score (nSPS) is 15.4. The van der Waals surface area contributed by atoms with Crippen molar-refractivity contribution < 1.29 is 0 Å². The molecule has 0 atom stereocenters. The number of nitrogens with zero attached hydrogens (tertiary/aromatic N) is 4. The first-order valence-electron chi connectivity index (χ1n) is 8.64. The molecule has 1 saturated heterocycles. The maximum Gasteiger partial charge on any atom is 0.142 e. The topological polar surface area (TPSA) is 53.9 Å². The van der Waals surface area contributed by atoms with Gasteiger partial charge in [-0.2, -0.15) is 0 Å². The molecule has 0 saturated carbocycles. The van der Waals surface area contributed by atoms with Crippen molar-refractivity contribution in [2.45, 2.75) is 25.4 Å². The Morgan fingerprint density at radius 2 is 1.84 bits per heavy atom. The molecule has 1 N–H and O–H groups in total. The first kappa shape index (κ1) is 16.2. The Kier molecular flexibility index (Phi) is 4.99. The van der Waals surface area contributed by atoms with Crippen LogP contribution in [0.3, 0.4) is 0 Å². The van der Waals surface area contributed by atoms with Gasteiger partial charge in [-0.25, -0.2) is 9.97 Å². The third kappa shape index (κ3) is 4.03. The van der Waals surface area contributed by atoms with E-state index in [0.717, 1.165) is 54.7 Å². The zero-order valence-electron chi connectivity index (χ0n) is 14.0. The minimum Gasteiger partial charge on any atom is -0.357 e. The van der Waals surface area contributed by atoms with Crippen LogP contribution in [-0.4, -0.2) is 34.1 Å². The molecule has 3 aromatic heterocycles. The van der Waals surface area contributed by atoms with Gasteiger partial charge in [0.05, 0.1) is 11.4 Å². The van der Waals surface area contributed by atoms with Crippen LogP contribution in [0.15, 0.2) is 54.2 Å². The molecule has 4 rings (SSSR count). The first-order valence-corrected chi connectivity index (χ1v) is 9.51. The molecule has 5 nitrogen and oxygen atoms in total. The zero-order chi connectivity index (χ0) is 16.9. The van der Waals surface area contributed by atoms with Crippen LogP contribution in [-0.2, 0) is 6.54 Å². The van der Waals surface area contributed by atoms with Crippen LogP contribution in [0.1, 0.15) is 18.5 Å². The largest absolute Gasteiger partial charge is 0.357 e. The fourth-order valence-corrected chi connectivity index (χ4v) is 3.89. The van der Waals surface area contributed by atoms with Crippen molar-refractivity contribution in [3.8, 4) is 10.7 Å². The molecular formula is C19H21N5S. The highest BCUT2D eigenvalue weighted by atomic mass is 32.1. The summed E-state index contributed by atoms with van der Waals surface area (Å²) in [5, 5.41) is 6.76. The molecule has 4 heterocycles. The van der Waals surface area contributed by atoms with E-state index in [2.05, 4.69) is 31.6 Å². The average molecular weight is 351 g/mol. The Labute approximate surface area is 151 Å². The van der Waals surface area contributed by atoms with Crippen molar-refractivity contribution in [1.29, 1.82) is 0 Å². The summed E-state index contributed by atoms with van der Waals surface area (Å²) < 4.78 is 0. The highest BCUT2D eigenvalue weighted by Crippen LogP contribution is 2.22. The summed E-state index contributed by atoms with van der Waals surface area (Å²) in [6.07, 6.45) is 5.94. The van der Waals surface area contributed by atoms with Gasteiger partial charge in [-0.3, -0.25) is 4.98 Å². The Morgan fingerprint density at radius 3 is 2.56 bits per heavy atom. The van der Waals surface area contributed by atoms with Crippen molar-refractivity contribution in [3.05, 3.63) is 59.9 Å². The maximum absolute atomic E-state index is 4.70. The summed E-state index contributed by atoms with van der Waals surface area (Å²) in [7, 11) is 0. The highest BCUT2D eigenvalue weighted by molar-refractivity contribution is 7.13. The van der Waals surface area contributed by atoms with E-state index in [9.17, 15) is 0 Å². The molecule has 0 radical (unpaired) electrons. The zero-order valence-corrected chi connectivity index (χ0v) is 14.8. The summed E-state index contributed by atoms with van der Waals surface area (Å²) in [5.74, 6) is 1.08. The number of rotatable bonds is 5. The second-order valence-electron chi connectivity index (χ2n) is 6.19. The number of hydrogen-bond acceptors (Lipinski definition) is 6. The molecule has 1 fully saturated rings. The molecular weight excluding hydrogens is 330 g/mol. The molecule has 0 amide bonds. The van der Waals surface area contributed by atoms with Crippen LogP contribution in [0.2, 0.25) is 0 Å². The number of aromatic nitrogens is 3. The van der Waals surface area contributed by atoms with Crippen molar-refractivity contribution in [2.75, 3.05) is 18.0 Å². The lowest BCUT2D eigenvalue weighted by atomic mass is 10.0. The summed E-state index contributed by atoms with van der Waals surface area (Å²) >= 11 is 1.66. The molecule has 0 bridgehead atoms. The first-order chi connectivity index (χ1) is 12.4. The van der Waals surface area contributed by atoms with Crippen LogP contribution in [0.25, 0.3) is 10.7 Å². The fraction of sp³-hybridized carbons (Fsp3) is 0.316. The Bertz CT molecular complexity index is 782. The SMILES string of the molecule is c1ccc(-c2nc(CNC3CCN(c4ccccn4)CC3)cs2)nc1. The molecule has 0 aromatic carbocycles. The van der Waals surface area contributed by atoms with Gasteiger partial charge in [0.15, 0.2) is 0 Å². The highest BCUT2D eigenvalue weighted by Gasteiger charge is 2.19. The molecule has 0 aliphatic carbocycles. The smallest absolute Gasteiger partial charge is 0.142 e. The minimum atomic E-state index is 0.542. The Morgan fingerprint density at radius 1 is 1.04 bits per heavy atom. The van der Waals surface area contributed by atoms with Crippen molar-refractivity contribution in [2.24, 2.45) is 0 Å². The van der Waals surface area contributed by atoms with Gasteiger partial charge in [-0.05, 0) is 37.1 Å². The van der Waals surface area contributed by atoms with E-state index in [1.165, 1.54) is 0 Å².